The van der Waals surface area contributed by atoms with Crippen LogP contribution in [0.5, 0.6) is 0 Å². The summed E-state index contributed by atoms with van der Waals surface area (Å²) in [5.41, 5.74) is 0. The van der Waals surface area contributed by atoms with Crippen LogP contribution in [0.1, 0.15) is 25.7 Å². The number of carbonyl (C=O) groups excluding carboxylic acids is 3. The number of nitrogens with one attached hydrogen (secondary N) is 2. The molecule has 20 heavy (non-hydrogen) atoms. The van der Waals surface area contributed by atoms with Crippen LogP contribution in [0, 0.1) is 0 Å². The summed E-state index contributed by atoms with van der Waals surface area (Å²) in [5.74, 6) is -0.853. The summed E-state index contributed by atoms with van der Waals surface area (Å²) in [6, 6.07) is -0.709. The molecule has 2 aliphatic rings. The molecule has 2 aliphatic heterocycles. The van der Waals surface area contributed by atoms with Crippen molar-refractivity contribution in [3.63, 3.8) is 0 Å². The molecular formula is C13H21N3O4. The van der Waals surface area contributed by atoms with Gasteiger partial charge in [0.1, 0.15) is 6.04 Å². The molecule has 3 amide bonds. The molecule has 112 valence electrons. The highest BCUT2D eigenvalue weighted by atomic mass is 16.5. The summed E-state index contributed by atoms with van der Waals surface area (Å²) in [6.07, 6.45) is 2.40. The summed E-state index contributed by atoms with van der Waals surface area (Å²) in [6.45, 7) is 2.24. The highest BCUT2D eigenvalue weighted by molar-refractivity contribution is 6.06. The number of likely N-dealkylation sites (tertiary alicyclic amines) is 1. The molecule has 7 heteroatoms. The monoisotopic (exact) mass is 283 g/mol. The Morgan fingerprint density at radius 3 is 2.70 bits per heavy atom. The Morgan fingerprint density at radius 2 is 2.10 bits per heavy atom. The maximum atomic E-state index is 11.7. The first kappa shape index (κ1) is 14.9. The minimum Gasteiger partial charge on any atom is -0.378 e. The van der Waals surface area contributed by atoms with E-state index < -0.39 is 6.04 Å². The van der Waals surface area contributed by atoms with Gasteiger partial charge >= 0.3 is 0 Å². The minimum atomic E-state index is -0.709. The zero-order chi connectivity index (χ0) is 14.5. The predicted molar refractivity (Wildman–Crippen MR) is 70.8 cm³/mol. The van der Waals surface area contributed by atoms with Gasteiger partial charge < -0.3 is 15.4 Å². The van der Waals surface area contributed by atoms with Crippen molar-refractivity contribution in [3.05, 3.63) is 0 Å². The second-order valence-electron chi connectivity index (χ2n) is 5.19. The third-order valence-corrected chi connectivity index (χ3v) is 3.69. The van der Waals surface area contributed by atoms with Crippen LogP contribution in [0.25, 0.3) is 0 Å². The van der Waals surface area contributed by atoms with E-state index >= 15 is 0 Å². The van der Waals surface area contributed by atoms with Gasteiger partial charge in [-0.15, -0.1) is 0 Å². The van der Waals surface area contributed by atoms with E-state index in [9.17, 15) is 14.4 Å². The standard InChI is InChI=1S/C13H21N3O4/c1-16-12(18)8-10(13(16)19)15-11(17)4-7-20-9-2-5-14-6-3-9/h9-10,14H,2-8H2,1H3,(H,15,17). The fourth-order valence-corrected chi connectivity index (χ4v) is 2.42. The summed E-state index contributed by atoms with van der Waals surface area (Å²) in [5, 5.41) is 5.83. The first-order valence-electron chi connectivity index (χ1n) is 7.00. The lowest BCUT2D eigenvalue weighted by molar-refractivity contribution is -0.138. The van der Waals surface area contributed by atoms with E-state index in [1.807, 2.05) is 0 Å². The fraction of sp³-hybridized carbons (Fsp3) is 0.769. The van der Waals surface area contributed by atoms with Crippen LogP contribution in [0.2, 0.25) is 0 Å². The predicted octanol–water partition coefficient (Wildman–Crippen LogP) is -0.981. The molecule has 2 rings (SSSR count). The van der Waals surface area contributed by atoms with Gasteiger partial charge in [0.15, 0.2) is 0 Å². The van der Waals surface area contributed by atoms with Gasteiger partial charge in [0.2, 0.25) is 11.8 Å². The molecule has 0 spiro atoms. The molecule has 2 fully saturated rings. The lowest BCUT2D eigenvalue weighted by Gasteiger charge is -2.22. The third kappa shape index (κ3) is 3.77. The van der Waals surface area contributed by atoms with Gasteiger partial charge in [0.25, 0.3) is 5.91 Å². The molecule has 0 aromatic rings. The number of imide groups is 1. The van der Waals surface area contributed by atoms with Crippen molar-refractivity contribution >= 4 is 17.7 Å². The number of nitrogens with zero attached hydrogens (tertiary/aromatic N) is 1. The molecule has 0 aromatic heterocycles. The van der Waals surface area contributed by atoms with E-state index in [0.29, 0.717) is 6.61 Å². The average molecular weight is 283 g/mol. The van der Waals surface area contributed by atoms with Crippen LogP contribution in [-0.2, 0) is 19.1 Å². The number of amides is 3. The van der Waals surface area contributed by atoms with E-state index in [2.05, 4.69) is 10.6 Å². The molecule has 2 N–H and O–H groups in total. The second-order valence-corrected chi connectivity index (χ2v) is 5.19. The normalized spacial score (nSPS) is 24.2. The molecule has 0 bridgehead atoms. The van der Waals surface area contributed by atoms with Gasteiger partial charge in [0.05, 0.1) is 19.1 Å². The molecular weight excluding hydrogens is 262 g/mol. The van der Waals surface area contributed by atoms with E-state index in [-0.39, 0.29) is 36.7 Å². The Hall–Kier alpha value is -1.47. The number of hydrogen-bond acceptors (Lipinski definition) is 5. The van der Waals surface area contributed by atoms with Crippen molar-refractivity contribution in [1.29, 1.82) is 0 Å². The number of ether oxygens (including phenoxy) is 1. The van der Waals surface area contributed by atoms with Crippen molar-refractivity contribution in [2.75, 3.05) is 26.7 Å². The van der Waals surface area contributed by atoms with Gasteiger partial charge in [-0.25, -0.2) is 0 Å². The highest BCUT2D eigenvalue weighted by Gasteiger charge is 2.36. The number of hydrogen-bond donors (Lipinski definition) is 2. The van der Waals surface area contributed by atoms with Crippen LogP contribution in [0.4, 0.5) is 0 Å². The molecule has 2 heterocycles. The summed E-state index contributed by atoms with van der Waals surface area (Å²) in [7, 11) is 1.43. The Kier molecular flexibility index (Phi) is 5.08. The number of piperidine rings is 1. The maximum absolute atomic E-state index is 11.7. The summed E-state index contributed by atoms with van der Waals surface area (Å²) in [4.78, 5) is 35.7. The Balaban J connectivity index is 1.65. The zero-order valence-electron chi connectivity index (χ0n) is 11.7. The quantitative estimate of drug-likeness (QED) is 0.633. The van der Waals surface area contributed by atoms with Crippen molar-refractivity contribution in [3.8, 4) is 0 Å². The third-order valence-electron chi connectivity index (χ3n) is 3.69. The maximum Gasteiger partial charge on any atom is 0.252 e. The van der Waals surface area contributed by atoms with Crippen LogP contribution < -0.4 is 10.6 Å². The van der Waals surface area contributed by atoms with E-state index in [0.717, 1.165) is 30.8 Å². The molecule has 7 nitrogen and oxygen atoms in total. The van der Waals surface area contributed by atoms with Crippen LogP contribution in [0.3, 0.4) is 0 Å². The first-order chi connectivity index (χ1) is 9.58. The molecule has 2 saturated heterocycles. The Labute approximate surface area is 118 Å². The molecule has 0 radical (unpaired) electrons. The smallest absolute Gasteiger partial charge is 0.252 e. The van der Waals surface area contributed by atoms with Crippen molar-refractivity contribution in [2.45, 2.75) is 37.8 Å². The van der Waals surface area contributed by atoms with E-state index in [4.69, 9.17) is 4.74 Å². The molecule has 1 atom stereocenters. The van der Waals surface area contributed by atoms with Gasteiger partial charge in [-0.1, -0.05) is 0 Å². The first-order valence-corrected chi connectivity index (χ1v) is 7.00. The van der Waals surface area contributed by atoms with Gasteiger partial charge in [-0.05, 0) is 25.9 Å². The fourth-order valence-electron chi connectivity index (χ4n) is 2.42. The molecule has 0 saturated carbocycles. The van der Waals surface area contributed by atoms with Crippen LogP contribution >= 0.6 is 0 Å². The zero-order valence-corrected chi connectivity index (χ0v) is 11.7. The highest BCUT2D eigenvalue weighted by Crippen LogP contribution is 2.11. The van der Waals surface area contributed by atoms with Crippen molar-refractivity contribution < 1.29 is 19.1 Å². The SMILES string of the molecule is CN1C(=O)CC(NC(=O)CCOC2CCNCC2)C1=O. The Bertz CT molecular complexity index is 393. The van der Waals surface area contributed by atoms with Crippen molar-refractivity contribution in [1.82, 2.24) is 15.5 Å². The van der Waals surface area contributed by atoms with Gasteiger partial charge in [-0.2, -0.15) is 0 Å². The summed E-state index contributed by atoms with van der Waals surface area (Å²) >= 11 is 0. The number of rotatable bonds is 5. The largest absolute Gasteiger partial charge is 0.378 e. The summed E-state index contributed by atoms with van der Waals surface area (Å²) < 4.78 is 5.62. The lowest BCUT2D eigenvalue weighted by Crippen LogP contribution is -2.41. The van der Waals surface area contributed by atoms with Gasteiger partial charge in [0, 0.05) is 13.5 Å². The number of likely N-dealkylation sites (N-methyl/N-ethyl adjacent to an activating group) is 1. The second kappa shape index (κ2) is 6.81. The van der Waals surface area contributed by atoms with Gasteiger partial charge in [-0.3, -0.25) is 19.3 Å². The molecule has 1 unspecified atom stereocenters. The van der Waals surface area contributed by atoms with Crippen molar-refractivity contribution in [2.24, 2.45) is 0 Å². The average Bonchev–Trinajstić information content (AvgIpc) is 2.67. The topological polar surface area (TPSA) is 87.7 Å². The van der Waals surface area contributed by atoms with E-state index in [1.54, 1.807) is 0 Å². The van der Waals surface area contributed by atoms with Crippen LogP contribution in [-0.4, -0.2) is 61.5 Å². The molecule has 0 aliphatic carbocycles. The lowest BCUT2D eigenvalue weighted by atomic mass is 10.1. The number of carbonyl (C=O) groups is 3. The van der Waals surface area contributed by atoms with E-state index in [1.165, 1.54) is 7.05 Å². The molecule has 0 aromatic carbocycles. The van der Waals surface area contributed by atoms with Crippen LogP contribution in [0.15, 0.2) is 0 Å². The Morgan fingerprint density at radius 1 is 1.40 bits per heavy atom. The minimum absolute atomic E-state index is 0.0518.